The van der Waals surface area contributed by atoms with Crippen molar-refractivity contribution in [3.63, 3.8) is 0 Å². The Morgan fingerprint density at radius 1 is 1.18 bits per heavy atom. The van der Waals surface area contributed by atoms with E-state index in [4.69, 9.17) is 4.74 Å². The Balaban J connectivity index is 1.12. The lowest BCUT2D eigenvalue weighted by Crippen LogP contribution is -2.54. The van der Waals surface area contributed by atoms with Gasteiger partial charge in [0.25, 0.3) is 0 Å². The number of nitrogens with zero attached hydrogens (tertiary/aromatic N) is 3. The van der Waals surface area contributed by atoms with Gasteiger partial charge in [0.15, 0.2) is 0 Å². The number of unbranched alkanes of at least 4 members (excludes halogenated alkanes) is 1. The number of nitrogens with one attached hydrogen (secondary N) is 3. The Bertz CT molecular complexity index is 895. The third-order valence-corrected chi connectivity index (χ3v) is 7.41. The van der Waals surface area contributed by atoms with Crippen molar-refractivity contribution in [3.8, 4) is 5.75 Å². The summed E-state index contributed by atoms with van der Waals surface area (Å²) in [5.41, 5.74) is 8.21. The quantitative estimate of drug-likeness (QED) is 0.481. The van der Waals surface area contributed by atoms with Crippen molar-refractivity contribution in [1.29, 1.82) is 0 Å². The van der Waals surface area contributed by atoms with Gasteiger partial charge in [-0.15, -0.1) is 0 Å². The molecule has 3 aliphatic heterocycles. The molecule has 0 bridgehead atoms. The molecule has 1 aromatic carbocycles. The zero-order chi connectivity index (χ0) is 23.3. The molecule has 0 aromatic heterocycles. The van der Waals surface area contributed by atoms with Gasteiger partial charge in [-0.05, 0) is 43.4 Å². The van der Waals surface area contributed by atoms with Gasteiger partial charge in [0.1, 0.15) is 17.8 Å². The summed E-state index contributed by atoms with van der Waals surface area (Å²) in [5.74, 6) is 2.02. The lowest BCUT2D eigenvalue weighted by atomic mass is 9.95. The molecule has 34 heavy (non-hydrogen) atoms. The fraction of sp³-hybridized carbons (Fsp3) is 0.615. The van der Waals surface area contributed by atoms with Crippen LogP contribution in [0.25, 0.3) is 0 Å². The number of carbonyl (C=O) groups is 1. The monoisotopic (exact) mass is 466 g/mol. The van der Waals surface area contributed by atoms with Gasteiger partial charge in [0, 0.05) is 31.3 Å². The van der Waals surface area contributed by atoms with E-state index in [0.29, 0.717) is 18.9 Å². The lowest BCUT2D eigenvalue weighted by Gasteiger charge is -2.37. The molecule has 1 amide bonds. The number of hydrazine groups is 1. The molecule has 2 fully saturated rings. The van der Waals surface area contributed by atoms with Crippen LogP contribution in [0.5, 0.6) is 5.75 Å². The van der Waals surface area contributed by atoms with Crippen LogP contribution in [-0.2, 0) is 4.79 Å². The highest BCUT2D eigenvalue weighted by Crippen LogP contribution is 2.34. The molecular formula is C26H38N6O2. The second-order valence-electron chi connectivity index (χ2n) is 9.87. The zero-order valence-electron chi connectivity index (χ0n) is 20.2. The van der Waals surface area contributed by atoms with Crippen molar-refractivity contribution in [2.45, 2.75) is 95.4 Å². The molecule has 3 heterocycles. The van der Waals surface area contributed by atoms with Crippen LogP contribution in [0.15, 0.2) is 41.8 Å². The molecule has 184 valence electrons. The minimum atomic E-state index is 0.0792. The topological polar surface area (TPSA) is 81.2 Å². The minimum absolute atomic E-state index is 0.0792. The van der Waals surface area contributed by atoms with Crippen molar-refractivity contribution in [2.75, 3.05) is 6.61 Å². The molecule has 1 saturated carbocycles. The number of rotatable bonds is 9. The molecule has 3 atom stereocenters. The smallest absolute Gasteiger partial charge is 0.220 e. The van der Waals surface area contributed by atoms with Gasteiger partial charge >= 0.3 is 0 Å². The Kier molecular flexibility index (Phi) is 7.23. The fourth-order valence-electron chi connectivity index (χ4n) is 5.43. The van der Waals surface area contributed by atoms with E-state index in [9.17, 15) is 4.79 Å². The normalized spacial score (nSPS) is 26.0. The third kappa shape index (κ3) is 5.17. The van der Waals surface area contributed by atoms with Crippen LogP contribution in [0.2, 0.25) is 0 Å². The van der Waals surface area contributed by atoms with Gasteiger partial charge in [-0.25, -0.2) is 5.43 Å². The number of ether oxygens (including phenoxy) is 1. The van der Waals surface area contributed by atoms with Gasteiger partial charge in [0.05, 0.1) is 18.7 Å². The summed E-state index contributed by atoms with van der Waals surface area (Å²) in [6.07, 6.45) is 14.5. The predicted molar refractivity (Wildman–Crippen MR) is 133 cm³/mol. The number of hydrazone groups is 1. The number of amidine groups is 1. The van der Waals surface area contributed by atoms with Crippen LogP contribution in [0.4, 0.5) is 0 Å². The van der Waals surface area contributed by atoms with E-state index >= 15 is 0 Å². The summed E-state index contributed by atoms with van der Waals surface area (Å²) in [6.45, 7) is 2.94. The molecule has 1 aromatic rings. The van der Waals surface area contributed by atoms with Gasteiger partial charge in [-0.1, -0.05) is 44.7 Å². The van der Waals surface area contributed by atoms with Crippen molar-refractivity contribution in [1.82, 2.24) is 26.1 Å². The van der Waals surface area contributed by atoms with Crippen molar-refractivity contribution < 1.29 is 9.53 Å². The highest BCUT2D eigenvalue weighted by Gasteiger charge is 2.44. The van der Waals surface area contributed by atoms with Crippen molar-refractivity contribution >= 4 is 11.7 Å². The summed E-state index contributed by atoms with van der Waals surface area (Å²) in [7, 11) is 0. The van der Waals surface area contributed by atoms with Crippen LogP contribution in [0.3, 0.4) is 0 Å². The first kappa shape index (κ1) is 23.0. The SMILES string of the molecule is CCCCOc1ccc(C2CC3C4NN=C(CCC(=O)NC5CCCCC5)N4C=CN3N2)cc1. The molecule has 3 unspecified atom stereocenters. The molecular weight excluding hydrogens is 428 g/mol. The number of amides is 1. The van der Waals surface area contributed by atoms with E-state index < -0.39 is 0 Å². The van der Waals surface area contributed by atoms with Gasteiger partial charge < -0.3 is 20.0 Å². The Morgan fingerprint density at radius 2 is 2.00 bits per heavy atom. The molecule has 4 aliphatic rings. The second-order valence-corrected chi connectivity index (χ2v) is 9.87. The highest BCUT2D eigenvalue weighted by molar-refractivity contribution is 5.89. The molecule has 5 rings (SSSR count). The van der Waals surface area contributed by atoms with E-state index in [0.717, 1.165) is 50.3 Å². The summed E-state index contributed by atoms with van der Waals surface area (Å²) in [5, 5.41) is 10.0. The summed E-state index contributed by atoms with van der Waals surface area (Å²) in [4.78, 5) is 14.7. The fourth-order valence-corrected chi connectivity index (χ4v) is 5.43. The predicted octanol–water partition coefficient (Wildman–Crippen LogP) is 3.74. The van der Waals surface area contributed by atoms with Gasteiger partial charge in [-0.3, -0.25) is 10.2 Å². The maximum atomic E-state index is 12.5. The maximum absolute atomic E-state index is 12.5. The molecule has 0 radical (unpaired) electrons. The molecule has 1 aliphatic carbocycles. The molecule has 8 heteroatoms. The van der Waals surface area contributed by atoms with Gasteiger partial charge in [0.2, 0.25) is 5.91 Å². The Hall–Kier alpha value is -2.74. The van der Waals surface area contributed by atoms with Gasteiger partial charge in [-0.2, -0.15) is 5.10 Å². The summed E-state index contributed by atoms with van der Waals surface area (Å²) >= 11 is 0. The lowest BCUT2D eigenvalue weighted by molar-refractivity contribution is -0.121. The number of hydrogen-bond acceptors (Lipinski definition) is 7. The largest absolute Gasteiger partial charge is 0.494 e. The number of hydrogen-bond donors (Lipinski definition) is 3. The maximum Gasteiger partial charge on any atom is 0.220 e. The average Bonchev–Trinajstić information content (AvgIpc) is 3.48. The first-order valence-electron chi connectivity index (χ1n) is 13.1. The van der Waals surface area contributed by atoms with E-state index in [2.05, 4.69) is 74.8 Å². The van der Waals surface area contributed by atoms with Crippen LogP contribution < -0.4 is 20.9 Å². The van der Waals surface area contributed by atoms with E-state index in [1.54, 1.807) is 0 Å². The van der Waals surface area contributed by atoms with Crippen LogP contribution >= 0.6 is 0 Å². The van der Waals surface area contributed by atoms with Crippen molar-refractivity contribution in [3.05, 3.63) is 42.2 Å². The van der Waals surface area contributed by atoms with E-state index in [-0.39, 0.29) is 24.2 Å². The van der Waals surface area contributed by atoms with Crippen LogP contribution in [0, 0.1) is 0 Å². The molecule has 1 saturated heterocycles. The van der Waals surface area contributed by atoms with Crippen LogP contribution in [-0.4, -0.2) is 46.5 Å². The zero-order valence-corrected chi connectivity index (χ0v) is 20.2. The third-order valence-electron chi connectivity index (χ3n) is 7.41. The number of benzene rings is 1. The van der Waals surface area contributed by atoms with Crippen LogP contribution in [0.1, 0.15) is 82.7 Å². The highest BCUT2D eigenvalue weighted by atomic mass is 16.5. The molecule has 3 N–H and O–H groups in total. The summed E-state index contributed by atoms with van der Waals surface area (Å²) < 4.78 is 5.81. The standard InChI is InChI=1S/C26H38N6O2/c1-2-3-17-34-21-11-9-19(10-12-21)22-18-23-26-29-28-24(31(26)15-16-32(23)30-22)13-14-25(33)27-20-7-5-4-6-8-20/h9-12,15-16,20,22-23,26,29-30H,2-8,13-14,17-18H2,1H3,(H,27,33). The average molecular weight is 467 g/mol. The molecule has 0 spiro atoms. The first-order valence-corrected chi connectivity index (χ1v) is 13.1. The van der Waals surface area contributed by atoms with E-state index in [1.807, 2.05) is 0 Å². The van der Waals surface area contributed by atoms with E-state index in [1.165, 1.54) is 24.8 Å². The Labute approximate surface area is 202 Å². The second kappa shape index (κ2) is 10.7. The number of carbonyl (C=O) groups excluding carboxylic acids is 1. The first-order chi connectivity index (χ1) is 16.7. The minimum Gasteiger partial charge on any atom is -0.494 e. The Morgan fingerprint density at radius 3 is 2.79 bits per heavy atom. The number of fused-ring (bicyclic) bond motifs is 3. The summed E-state index contributed by atoms with van der Waals surface area (Å²) in [6, 6.07) is 9.32. The molecule has 8 nitrogen and oxygen atoms in total. The van der Waals surface area contributed by atoms with Crippen molar-refractivity contribution in [2.24, 2.45) is 5.10 Å².